The van der Waals surface area contributed by atoms with Crippen LogP contribution in [-0.4, -0.2) is 90.9 Å². The Hall–Kier alpha value is -3.96. The van der Waals surface area contributed by atoms with Crippen molar-refractivity contribution in [3.63, 3.8) is 0 Å². The molecule has 3 aliphatic rings. The summed E-state index contributed by atoms with van der Waals surface area (Å²) in [4.78, 5) is 48.8. The van der Waals surface area contributed by atoms with Crippen molar-refractivity contribution in [2.75, 3.05) is 51.0 Å². The molecule has 2 amide bonds. The van der Waals surface area contributed by atoms with E-state index in [1.54, 1.807) is 56.0 Å². The Kier molecular flexibility index (Phi) is 9.03. The van der Waals surface area contributed by atoms with E-state index >= 15 is 0 Å². The number of hydrogen-bond acceptors (Lipinski definition) is 9. The van der Waals surface area contributed by atoms with Gasteiger partial charge in [-0.25, -0.2) is 4.99 Å². The highest BCUT2D eigenvalue weighted by Gasteiger charge is 2.59. The highest BCUT2D eigenvalue weighted by molar-refractivity contribution is 6.11. The first-order valence-corrected chi connectivity index (χ1v) is 14.7. The van der Waals surface area contributed by atoms with Crippen LogP contribution in [0.25, 0.3) is 0 Å². The molecular weight excluding hydrogens is 554 g/mol. The molecule has 11 nitrogen and oxygen atoms in total. The molecular formula is C32H39N3O8. The summed E-state index contributed by atoms with van der Waals surface area (Å²) in [5.41, 5.74) is -0.237. The number of aliphatic hydroxyl groups excluding tert-OH is 1. The molecule has 230 valence electrons. The molecule has 0 radical (unpaired) electrons. The zero-order valence-corrected chi connectivity index (χ0v) is 24.9. The first-order chi connectivity index (χ1) is 20.6. The lowest BCUT2D eigenvalue weighted by Crippen LogP contribution is -2.57. The number of aliphatic hydroxyl groups is 1. The lowest BCUT2D eigenvalue weighted by Gasteiger charge is -2.42. The van der Waals surface area contributed by atoms with E-state index in [4.69, 9.17) is 29.0 Å². The van der Waals surface area contributed by atoms with E-state index in [-0.39, 0.29) is 37.8 Å². The van der Waals surface area contributed by atoms with Gasteiger partial charge in [0.15, 0.2) is 11.6 Å². The molecule has 2 atom stereocenters. The van der Waals surface area contributed by atoms with Crippen molar-refractivity contribution < 1.29 is 38.4 Å². The Morgan fingerprint density at radius 3 is 2.51 bits per heavy atom. The number of carbonyl (C=O) groups is 3. The van der Waals surface area contributed by atoms with E-state index in [1.165, 1.54) is 4.90 Å². The fraction of sp³-hybridized carbons (Fsp3) is 0.500. The van der Waals surface area contributed by atoms with Crippen molar-refractivity contribution in [2.24, 2.45) is 4.99 Å². The van der Waals surface area contributed by atoms with E-state index in [2.05, 4.69) is 0 Å². The van der Waals surface area contributed by atoms with Gasteiger partial charge in [0.05, 0.1) is 25.5 Å². The van der Waals surface area contributed by atoms with Gasteiger partial charge in [-0.3, -0.25) is 14.4 Å². The number of esters is 1. The van der Waals surface area contributed by atoms with Crippen LogP contribution in [0.1, 0.15) is 57.3 Å². The average Bonchev–Trinajstić information content (AvgIpc) is 3.40. The molecule has 2 aromatic rings. The maximum absolute atomic E-state index is 14.5. The van der Waals surface area contributed by atoms with Crippen molar-refractivity contribution in [3.05, 3.63) is 59.7 Å². The predicted octanol–water partition coefficient (Wildman–Crippen LogP) is 3.03. The van der Waals surface area contributed by atoms with Crippen LogP contribution in [-0.2, 0) is 28.6 Å². The van der Waals surface area contributed by atoms with Crippen molar-refractivity contribution >= 4 is 29.4 Å². The zero-order chi connectivity index (χ0) is 30.6. The number of carbonyl (C=O) groups excluding carboxylic acids is 3. The van der Waals surface area contributed by atoms with E-state index in [9.17, 15) is 14.4 Å². The number of fused-ring (bicyclic) bond motifs is 3. The second kappa shape index (κ2) is 12.7. The number of hydrogen-bond donors (Lipinski definition) is 1. The summed E-state index contributed by atoms with van der Waals surface area (Å²) in [5, 5.41) is 9.02. The molecule has 1 N–H and O–H groups in total. The molecule has 1 fully saturated rings. The minimum Gasteiger partial charge on any atom is -0.494 e. The van der Waals surface area contributed by atoms with Crippen molar-refractivity contribution in [1.29, 1.82) is 0 Å². The van der Waals surface area contributed by atoms with Crippen LogP contribution in [0.15, 0.2) is 53.5 Å². The summed E-state index contributed by atoms with van der Waals surface area (Å²) in [5.74, 6) is -0.147. The zero-order valence-electron chi connectivity index (χ0n) is 24.9. The van der Waals surface area contributed by atoms with Gasteiger partial charge in [0, 0.05) is 43.7 Å². The number of ether oxygens (including phenoxy) is 4. The van der Waals surface area contributed by atoms with Gasteiger partial charge in [0.2, 0.25) is 11.8 Å². The number of aliphatic imine (C=N–C) groups is 1. The summed E-state index contributed by atoms with van der Waals surface area (Å²) in [6.45, 7) is 7.45. The molecule has 0 unspecified atom stereocenters. The molecule has 3 aliphatic heterocycles. The number of anilines is 1. The van der Waals surface area contributed by atoms with Crippen molar-refractivity contribution in [1.82, 2.24) is 4.90 Å². The molecule has 5 rings (SSSR count). The fourth-order valence-corrected chi connectivity index (χ4v) is 5.52. The number of benzene rings is 2. The number of rotatable bonds is 10. The van der Waals surface area contributed by atoms with Gasteiger partial charge in [-0.15, -0.1) is 0 Å². The summed E-state index contributed by atoms with van der Waals surface area (Å²) < 4.78 is 23.1. The van der Waals surface area contributed by atoms with Crippen molar-refractivity contribution in [3.8, 4) is 5.75 Å². The normalized spacial score (nSPS) is 21.4. The van der Waals surface area contributed by atoms with Gasteiger partial charge in [-0.1, -0.05) is 18.2 Å². The first-order valence-electron chi connectivity index (χ1n) is 14.7. The molecule has 0 spiro atoms. The molecule has 1 saturated heterocycles. The fourth-order valence-electron chi connectivity index (χ4n) is 5.52. The number of para-hydroxylation sites is 1. The van der Waals surface area contributed by atoms with Gasteiger partial charge >= 0.3 is 5.97 Å². The lowest BCUT2D eigenvalue weighted by atomic mass is 9.79. The molecule has 11 heteroatoms. The smallest absolute Gasteiger partial charge is 0.306 e. The summed E-state index contributed by atoms with van der Waals surface area (Å²) >= 11 is 0. The Morgan fingerprint density at radius 2 is 1.81 bits per heavy atom. The van der Waals surface area contributed by atoms with Crippen LogP contribution in [0.2, 0.25) is 0 Å². The maximum Gasteiger partial charge on any atom is 0.306 e. The van der Waals surface area contributed by atoms with Crippen LogP contribution in [0.3, 0.4) is 0 Å². The van der Waals surface area contributed by atoms with Gasteiger partial charge in [0.1, 0.15) is 17.9 Å². The minimum absolute atomic E-state index is 0.0356. The van der Waals surface area contributed by atoms with Crippen LogP contribution in [0.5, 0.6) is 5.75 Å². The Morgan fingerprint density at radius 1 is 1.09 bits per heavy atom. The van der Waals surface area contributed by atoms with E-state index < -0.39 is 29.1 Å². The standard InChI is InChI=1S/C32H39N3O8/c1-31(2,3)43-27(38)13-14-32-28(42-29(33-32)22-9-11-23(12-10-22)41-18-6-17-36)24-7-4-5-8-25(24)35(30(32)39)21-26(37)34-15-19-40-20-16-34/h4-5,7-12,28,36H,6,13-21H2,1-3H3/t28-,32-/m0/s1. The van der Waals surface area contributed by atoms with Gasteiger partial charge in [-0.05, 0) is 57.5 Å². The topological polar surface area (TPSA) is 127 Å². The van der Waals surface area contributed by atoms with Crippen molar-refractivity contribution in [2.45, 2.75) is 57.3 Å². The second-order valence-electron chi connectivity index (χ2n) is 11.8. The van der Waals surface area contributed by atoms with Crippen LogP contribution < -0.4 is 9.64 Å². The molecule has 43 heavy (non-hydrogen) atoms. The van der Waals surface area contributed by atoms with E-state index in [0.717, 1.165) is 0 Å². The number of nitrogens with zero attached hydrogens (tertiary/aromatic N) is 3. The lowest BCUT2D eigenvalue weighted by molar-refractivity contribution is -0.155. The van der Waals surface area contributed by atoms with Crippen LogP contribution in [0.4, 0.5) is 5.69 Å². The van der Waals surface area contributed by atoms with E-state index in [0.29, 0.717) is 61.9 Å². The highest BCUT2D eigenvalue weighted by Crippen LogP contribution is 2.50. The minimum atomic E-state index is -1.48. The second-order valence-corrected chi connectivity index (χ2v) is 11.8. The molecule has 0 aliphatic carbocycles. The molecule has 0 saturated carbocycles. The Labute approximate surface area is 251 Å². The molecule has 0 aromatic heterocycles. The number of morpholine rings is 1. The van der Waals surface area contributed by atoms with Gasteiger partial charge in [-0.2, -0.15) is 0 Å². The third-order valence-electron chi connectivity index (χ3n) is 7.55. The third-order valence-corrected chi connectivity index (χ3v) is 7.55. The predicted molar refractivity (Wildman–Crippen MR) is 158 cm³/mol. The Balaban J connectivity index is 1.50. The maximum atomic E-state index is 14.5. The first kappa shape index (κ1) is 30.5. The monoisotopic (exact) mass is 593 g/mol. The SMILES string of the molecule is CC(C)(C)OC(=O)CC[C@]12N=C(c3ccc(OCCCO)cc3)O[C@H]1c1ccccc1N(CC(=O)N1CCOCC1)C2=O. The molecule has 0 bridgehead atoms. The largest absolute Gasteiger partial charge is 0.494 e. The third kappa shape index (κ3) is 6.67. The van der Waals surface area contributed by atoms with E-state index in [1.807, 2.05) is 18.2 Å². The molecule has 2 aromatic carbocycles. The van der Waals surface area contributed by atoms with Gasteiger partial charge < -0.3 is 33.9 Å². The van der Waals surface area contributed by atoms with Gasteiger partial charge in [0.25, 0.3) is 5.91 Å². The van der Waals surface area contributed by atoms with Crippen LogP contribution >= 0.6 is 0 Å². The molecule has 3 heterocycles. The van der Waals surface area contributed by atoms with Crippen LogP contribution in [0, 0.1) is 0 Å². The Bertz CT molecular complexity index is 1360. The summed E-state index contributed by atoms with van der Waals surface area (Å²) in [6, 6.07) is 14.5. The number of amides is 2. The quantitative estimate of drug-likeness (QED) is 0.329. The average molecular weight is 594 g/mol. The highest BCUT2D eigenvalue weighted by atomic mass is 16.6. The summed E-state index contributed by atoms with van der Waals surface area (Å²) in [6.07, 6.45) is -0.312. The summed E-state index contributed by atoms with van der Waals surface area (Å²) in [7, 11) is 0.